The van der Waals surface area contributed by atoms with Gasteiger partial charge in [-0.2, -0.15) is 0 Å². The van der Waals surface area contributed by atoms with Crippen molar-refractivity contribution in [1.82, 2.24) is 14.8 Å². The van der Waals surface area contributed by atoms with Crippen LogP contribution in [0.4, 0.5) is 0 Å². The number of hydrogen-bond acceptors (Lipinski definition) is 4. The van der Waals surface area contributed by atoms with Crippen molar-refractivity contribution in [3.05, 3.63) is 27.5 Å². The lowest BCUT2D eigenvalue weighted by Crippen LogP contribution is -2.50. The third kappa shape index (κ3) is 4.16. The summed E-state index contributed by atoms with van der Waals surface area (Å²) in [7, 11) is 3.71. The van der Waals surface area contributed by atoms with Crippen molar-refractivity contribution in [1.29, 1.82) is 0 Å². The first-order valence-corrected chi connectivity index (χ1v) is 7.95. The molecule has 0 saturated carbocycles. The Kier molecular flexibility index (Phi) is 5.24. The number of nitrogens with zero attached hydrogens (tertiary/aromatic N) is 3. The molecule has 1 saturated heterocycles. The number of likely N-dealkylation sites (tertiary alicyclic amines) is 1. The summed E-state index contributed by atoms with van der Waals surface area (Å²) in [6.07, 6.45) is 2.86. The fourth-order valence-electron chi connectivity index (χ4n) is 2.48. The van der Waals surface area contributed by atoms with Crippen LogP contribution >= 0.6 is 27.5 Å². The van der Waals surface area contributed by atoms with Crippen LogP contribution in [0.15, 0.2) is 16.7 Å². The summed E-state index contributed by atoms with van der Waals surface area (Å²) < 4.78 is 0.696. The van der Waals surface area contributed by atoms with Gasteiger partial charge in [0, 0.05) is 37.4 Å². The third-order valence-corrected chi connectivity index (χ3v) is 4.57. The van der Waals surface area contributed by atoms with Crippen LogP contribution in [0.25, 0.3) is 0 Å². The van der Waals surface area contributed by atoms with Crippen molar-refractivity contribution in [3.8, 4) is 0 Å². The number of aliphatic hydroxyl groups is 1. The van der Waals surface area contributed by atoms with Gasteiger partial charge in [0.2, 0.25) is 0 Å². The van der Waals surface area contributed by atoms with Crippen molar-refractivity contribution in [2.24, 2.45) is 0 Å². The standard InChI is InChI=1S/C14H19BrClN3O2/c1-18-5-3-14(21,4-6-18)9-19(2)13(20)11-7-10(15)8-17-12(11)16/h7-8,21H,3-6,9H2,1-2H3. The number of hydrogen-bond donors (Lipinski definition) is 1. The van der Waals surface area contributed by atoms with Crippen LogP contribution in [0.3, 0.4) is 0 Å². The molecule has 0 aromatic carbocycles. The largest absolute Gasteiger partial charge is 0.388 e. The van der Waals surface area contributed by atoms with Crippen LogP contribution in [0.1, 0.15) is 23.2 Å². The lowest BCUT2D eigenvalue weighted by Gasteiger charge is -2.38. The Hall–Kier alpha value is -0.690. The molecule has 0 unspecified atom stereocenters. The molecular formula is C14H19BrClN3O2. The van der Waals surface area contributed by atoms with Crippen molar-refractivity contribution in [2.75, 3.05) is 33.7 Å². The second-order valence-corrected chi connectivity index (χ2v) is 6.95. The summed E-state index contributed by atoms with van der Waals surface area (Å²) >= 11 is 9.27. The van der Waals surface area contributed by atoms with Gasteiger partial charge >= 0.3 is 0 Å². The van der Waals surface area contributed by atoms with E-state index in [1.165, 1.54) is 4.90 Å². The smallest absolute Gasteiger partial charge is 0.256 e. The second-order valence-electron chi connectivity index (χ2n) is 5.68. The summed E-state index contributed by atoms with van der Waals surface area (Å²) in [5.74, 6) is -0.235. The molecule has 0 radical (unpaired) electrons. The highest BCUT2D eigenvalue weighted by Gasteiger charge is 2.34. The number of carbonyl (C=O) groups excluding carboxylic acids is 1. The van der Waals surface area contributed by atoms with Crippen LogP contribution in [0.2, 0.25) is 5.15 Å². The van der Waals surface area contributed by atoms with Gasteiger partial charge in [0.25, 0.3) is 5.91 Å². The molecule has 2 rings (SSSR count). The van der Waals surface area contributed by atoms with E-state index in [2.05, 4.69) is 25.8 Å². The normalized spacial score (nSPS) is 18.5. The van der Waals surface area contributed by atoms with Crippen LogP contribution in [-0.4, -0.2) is 65.1 Å². The minimum atomic E-state index is -0.831. The fourth-order valence-corrected chi connectivity index (χ4v) is 3.00. The van der Waals surface area contributed by atoms with Gasteiger partial charge in [-0.05, 0) is 41.9 Å². The number of amides is 1. The van der Waals surface area contributed by atoms with Crippen molar-refractivity contribution in [3.63, 3.8) is 0 Å². The molecule has 116 valence electrons. The highest BCUT2D eigenvalue weighted by atomic mass is 79.9. The van der Waals surface area contributed by atoms with Gasteiger partial charge in [-0.1, -0.05) is 11.6 Å². The Morgan fingerprint density at radius 3 is 2.81 bits per heavy atom. The van der Waals surface area contributed by atoms with Gasteiger partial charge in [0.15, 0.2) is 0 Å². The Balaban J connectivity index is 2.07. The quantitative estimate of drug-likeness (QED) is 0.820. The van der Waals surface area contributed by atoms with Crippen LogP contribution < -0.4 is 0 Å². The number of pyridine rings is 1. The zero-order chi connectivity index (χ0) is 15.6. The topological polar surface area (TPSA) is 56.7 Å². The molecule has 5 nitrogen and oxygen atoms in total. The predicted molar refractivity (Wildman–Crippen MR) is 85.6 cm³/mol. The van der Waals surface area contributed by atoms with Gasteiger partial charge in [0.1, 0.15) is 5.15 Å². The monoisotopic (exact) mass is 375 g/mol. The molecule has 1 aliphatic heterocycles. The van der Waals surface area contributed by atoms with E-state index < -0.39 is 5.60 Å². The summed E-state index contributed by atoms with van der Waals surface area (Å²) in [6, 6.07) is 1.65. The van der Waals surface area contributed by atoms with E-state index in [9.17, 15) is 9.90 Å². The molecule has 2 heterocycles. The molecule has 1 aromatic rings. The lowest BCUT2D eigenvalue weighted by atomic mass is 9.91. The van der Waals surface area contributed by atoms with E-state index in [0.717, 1.165) is 13.1 Å². The number of likely N-dealkylation sites (N-methyl/N-ethyl adjacent to an activating group) is 1. The molecule has 0 spiro atoms. The Morgan fingerprint density at radius 1 is 1.57 bits per heavy atom. The average molecular weight is 377 g/mol. The number of aromatic nitrogens is 1. The summed E-state index contributed by atoms with van der Waals surface area (Å²) in [5, 5.41) is 10.8. The van der Waals surface area contributed by atoms with E-state index in [1.807, 2.05) is 7.05 Å². The number of rotatable bonds is 3. The molecular weight excluding hydrogens is 358 g/mol. The SMILES string of the molecule is CN1CCC(O)(CN(C)C(=O)c2cc(Br)cnc2Cl)CC1. The van der Waals surface area contributed by atoms with Gasteiger partial charge in [-0.25, -0.2) is 4.98 Å². The van der Waals surface area contributed by atoms with Crippen LogP contribution in [-0.2, 0) is 0 Å². The molecule has 0 atom stereocenters. The average Bonchev–Trinajstić information content (AvgIpc) is 2.44. The zero-order valence-corrected chi connectivity index (χ0v) is 14.5. The van der Waals surface area contributed by atoms with Crippen LogP contribution in [0, 0.1) is 0 Å². The van der Waals surface area contributed by atoms with Crippen molar-refractivity contribution >= 4 is 33.4 Å². The third-order valence-electron chi connectivity index (χ3n) is 3.83. The van der Waals surface area contributed by atoms with E-state index >= 15 is 0 Å². The van der Waals surface area contributed by atoms with Gasteiger partial charge in [-0.3, -0.25) is 4.79 Å². The summed E-state index contributed by atoms with van der Waals surface area (Å²) in [5.41, 5.74) is -0.492. The summed E-state index contributed by atoms with van der Waals surface area (Å²) in [4.78, 5) is 20.1. The van der Waals surface area contributed by atoms with Crippen LogP contribution in [0.5, 0.6) is 0 Å². The second kappa shape index (κ2) is 6.60. The molecule has 21 heavy (non-hydrogen) atoms. The minimum Gasteiger partial charge on any atom is -0.388 e. The van der Waals surface area contributed by atoms with E-state index in [1.54, 1.807) is 19.3 Å². The first kappa shape index (κ1) is 16.7. The molecule has 1 fully saturated rings. The fraction of sp³-hybridized carbons (Fsp3) is 0.571. The molecule has 1 N–H and O–H groups in total. The summed E-state index contributed by atoms with van der Waals surface area (Å²) in [6.45, 7) is 1.96. The number of piperidine rings is 1. The molecule has 1 aromatic heterocycles. The minimum absolute atomic E-state index is 0.172. The molecule has 1 aliphatic rings. The number of halogens is 2. The van der Waals surface area contributed by atoms with Gasteiger partial charge in [0.05, 0.1) is 11.2 Å². The molecule has 1 amide bonds. The molecule has 0 aliphatic carbocycles. The maximum atomic E-state index is 12.5. The first-order valence-electron chi connectivity index (χ1n) is 6.78. The molecule has 0 bridgehead atoms. The maximum absolute atomic E-state index is 12.5. The Morgan fingerprint density at radius 2 is 2.19 bits per heavy atom. The van der Waals surface area contributed by atoms with E-state index in [-0.39, 0.29) is 11.1 Å². The van der Waals surface area contributed by atoms with E-state index in [4.69, 9.17) is 11.6 Å². The van der Waals surface area contributed by atoms with Gasteiger partial charge < -0.3 is 14.9 Å². The first-order chi connectivity index (χ1) is 9.81. The van der Waals surface area contributed by atoms with Crippen molar-refractivity contribution in [2.45, 2.75) is 18.4 Å². The van der Waals surface area contributed by atoms with Gasteiger partial charge in [-0.15, -0.1) is 0 Å². The number of carbonyl (C=O) groups is 1. The predicted octanol–water partition coefficient (Wildman–Crippen LogP) is 2.03. The Labute approximate surface area is 138 Å². The Bertz CT molecular complexity index is 533. The zero-order valence-electron chi connectivity index (χ0n) is 12.1. The lowest BCUT2D eigenvalue weighted by molar-refractivity contribution is -0.0330. The highest BCUT2D eigenvalue weighted by molar-refractivity contribution is 9.10. The maximum Gasteiger partial charge on any atom is 0.256 e. The molecule has 7 heteroatoms. The highest BCUT2D eigenvalue weighted by Crippen LogP contribution is 2.24. The van der Waals surface area contributed by atoms with E-state index in [0.29, 0.717) is 29.4 Å². The van der Waals surface area contributed by atoms with Crippen molar-refractivity contribution < 1.29 is 9.90 Å².